The molecular weight excluding hydrogens is 771 g/mol. The molecule has 310 valence electrons. The van der Waals surface area contributed by atoms with E-state index in [1.165, 1.54) is 122 Å². The SMILES string of the molecule is CC(C)(C)c1ccc(Nc2cc3c(cc2-c2ccc4c5cc6c(cc5n5c4c2Bc2cc4c(cc2-5)C(C)(C)c2ccccc2-4)C(C)(C)c2ccccc2-6)-c2ccccc2C3(C)C)cc1. The lowest BCUT2D eigenvalue weighted by molar-refractivity contribution is 0.590. The van der Waals surface area contributed by atoms with Gasteiger partial charge in [-0.2, -0.15) is 0 Å². The van der Waals surface area contributed by atoms with Crippen LogP contribution in [0.2, 0.25) is 0 Å². The van der Waals surface area contributed by atoms with Crippen LogP contribution in [-0.2, 0) is 21.7 Å². The third kappa shape index (κ3) is 4.88. The number of nitrogens with zero attached hydrogens (tertiary/aromatic N) is 1. The van der Waals surface area contributed by atoms with Gasteiger partial charge in [-0.05, 0) is 131 Å². The van der Waals surface area contributed by atoms with E-state index in [1.54, 1.807) is 0 Å². The molecular formula is C61H53BN2. The molecule has 0 amide bonds. The highest BCUT2D eigenvalue weighted by molar-refractivity contribution is 6.73. The minimum absolute atomic E-state index is 0.0805. The third-order valence-electron chi connectivity index (χ3n) is 16.2. The van der Waals surface area contributed by atoms with Gasteiger partial charge in [0.25, 0.3) is 0 Å². The second-order valence-corrected chi connectivity index (χ2v) is 21.8. The van der Waals surface area contributed by atoms with Crippen LogP contribution in [0.15, 0.2) is 146 Å². The molecule has 0 saturated heterocycles. The number of benzene rings is 8. The molecule has 3 aliphatic carbocycles. The first kappa shape index (κ1) is 37.9. The van der Waals surface area contributed by atoms with E-state index in [0.717, 1.165) is 18.7 Å². The van der Waals surface area contributed by atoms with Crippen LogP contribution < -0.4 is 16.2 Å². The van der Waals surface area contributed by atoms with E-state index >= 15 is 0 Å². The van der Waals surface area contributed by atoms with E-state index < -0.39 is 0 Å². The van der Waals surface area contributed by atoms with E-state index in [1.807, 2.05) is 0 Å². The second-order valence-electron chi connectivity index (χ2n) is 21.8. The summed E-state index contributed by atoms with van der Waals surface area (Å²) in [5, 5.41) is 6.67. The normalized spacial score (nSPS) is 16.1. The molecule has 4 aliphatic rings. The van der Waals surface area contributed by atoms with Crippen molar-refractivity contribution in [2.45, 2.75) is 84.0 Å². The summed E-state index contributed by atoms with van der Waals surface area (Å²) in [4.78, 5) is 0. The van der Waals surface area contributed by atoms with Gasteiger partial charge in [-0.25, -0.2) is 0 Å². The number of fused-ring (bicyclic) bond motifs is 14. The van der Waals surface area contributed by atoms with Gasteiger partial charge in [-0.3, -0.25) is 0 Å². The zero-order valence-electron chi connectivity index (χ0n) is 38.5. The van der Waals surface area contributed by atoms with Crippen LogP contribution >= 0.6 is 0 Å². The molecule has 0 fully saturated rings. The van der Waals surface area contributed by atoms with Crippen molar-refractivity contribution in [2.75, 3.05) is 5.32 Å². The Balaban J connectivity index is 1.11. The molecule has 64 heavy (non-hydrogen) atoms. The Morgan fingerprint density at radius 3 is 1.58 bits per heavy atom. The Kier molecular flexibility index (Phi) is 7.33. The number of rotatable bonds is 3. The van der Waals surface area contributed by atoms with E-state index in [0.29, 0.717) is 0 Å². The van der Waals surface area contributed by atoms with Gasteiger partial charge in [-0.1, -0.05) is 171 Å². The molecule has 1 N–H and O–H groups in total. The number of aromatic nitrogens is 1. The molecule has 0 atom stereocenters. The second kappa shape index (κ2) is 12.4. The Bertz CT molecular complexity index is 3550. The van der Waals surface area contributed by atoms with Gasteiger partial charge in [0.05, 0.1) is 5.52 Å². The molecule has 13 rings (SSSR count). The van der Waals surface area contributed by atoms with Gasteiger partial charge in [0.2, 0.25) is 0 Å². The lowest BCUT2D eigenvalue weighted by Crippen LogP contribution is -2.38. The molecule has 2 heterocycles. The van der Waals surface area contributed by atoms with Gasteiger partial charge < -0.3 is 9.88 Å². The zero-order chi connectivity index (χ0) is 43.8. The molecule has 3 heteroatoms. The van der Waals surface area contributed by atoms with Gasteiger partial charge in [0, 0.05) is 55.2 Å². The average molecular weight is 825 g/mol. The van der Waals surface area contributed by atoms with Crippen molar-refractivity contribution >= 4 is 51.4 Å². The zero-order valence-corrected chi connectivity index (χ0v) is 38.5. The van der Waals surface area contributed by atoms with Crippen LogP contribution in [0.1, 0.15) is 101 Å². The lowest BCUT2D eigenvalue weighted by Gasteiger charge is -2.28. The molecule has 1 aliphatic heterocycles. The molecule has 0 unspecified atom stereocenters. The molecule has 0 bridgehead atoms. The van der Waals surface area contributed by atoms with Crippen molar-refractivity contribution in [3.63, 3.8) is 0 Å². The van der Waals surface area contributed by atoms with Crippen LogP contribution in [0.4, 0.5) is 11.4 Å². The lowest BCUT2D eigenvalue weighted by atomic mass is 9.58. The van der Waals surface area contributed by atoms with Crippen LogP contribution in [-0.4, -0.2) is 11.8 Å². The summed E-state index contributed by atoms with van der Waals surface area (Å²) in [6.45, 7) is 21.3. The highest BCUT2D eigenvalue weighted by Crippen LogP contribution is 2.55. The quantitative estimate of drug-likeness (QED) is 0.176. The maximum Gasteiger partial charge on any atom is 0.198 e. The predicted molar refractivity (Wildman–Crippen MR) is 274 cm³/mol. The smallest absolute Gasteiger partial charge is 0.198 e. The standard InChI is InChI=1S/C61H53BN2/c1-58(2,3)34-22-24-35(25-23-34)63-53-31-49-41(36-16-10-13-19-46(36)59(49,4)5)28-44(53)39-26-27-40-45-29-42-37-17-11-14-20-47(37)60(6,7)50(42)32-54(45)64-55-33-51-43(30-52(55)62-56(39)57(40)64)38-18-12-15-21-48(38)61(51,8)9/h10-33,62-63H,1-9H3. The van der Waals surface area contributed by atoms with Crippen LogP contribution in [0, 0.1) is 0 Å². The van der Waals surface area contributed by atoms with Gasteiger partial charge in [0.15, 0.2) is 7.28 Å². The maximum atomic E-state index is 4.02. The molecule has 8 aromatic carbocycles. The van der Waals surface area contributed by atoms with Crippen LogP contribution in [0.25, 0.3) is 72.0 Å². The highest BCUT2D eigenvalue weighted by atomic mass is 15.0. The molecule has 9 aromatic rings. The summed E-state index contributed by atoms with van der Waals surface area (Å²) in [5.41, 5.74) is 29.2. The topological polar surface area (TPSA) is 17.0 Å². The number of nitrogens with one attached hydrogen (secondary N) is 1. The molecule has 1 aromatic heterocycles. The largest absolute Gasteiger partial charge is 0.355 e. The third-order valence-corrected chi connectivity index (χ3v) is 16.2. The fraction of sp³-hybridized carbons (Fsp3) is 0.213. The van der Waals surface area contributed by atoms with E-state index in [4.69, 9.17) is 0 Å². The van der Waals surface area contributed by atoms with Gasteiger partial charge in [0.1, 0.15) is 0 Å². The first-order valence-electron chi connectivity index (χ1n) is 23.3. The number of hydrogen-bond acceptors (Lipinski definition) is 1. The van der Waals surface area contributed by atoms with Crippen molar-refractivity contribution in [1.82, 2.24) is 4.57 Å². The van der Waals surface area contributed by atoms with Crippen molar-refractivity contribution in [2.24, 2.45) is 0 Å². The number of hydrogen-bond donors (Lipinski definition) is 1. The van der Waals surface area contributed by atoms with Crippen LogP contribution in [0.3, 0.4) is 0 Å². The minimum Gasteiger partial charge on any atom is -0.355 e. The molecule has 0 radical (unpaired) electrons. The van der Waals surface area contributed by atoms with Crippen LogP contribution in [0.5, 0.6) is 0 Å². The summed E-state index contributed by atoms with van der Waals surface area (Å²) < 4.78 is 2.67. The fourth-order valence-electron chi connectivity index (χ4n) is 12.7. The Labute approximate surface area is 378 Å². The Morgan fingerprint density at radius 2 is 0.984 bits per heavy atom. The number of anilines is 2. The summed E-state index contributed by atoms with van der Waals surface area (Å²) in [6.07, 6.45) is 0. The van der Waals surface area contributed by atoms with Crippen molar-refractivity contribution in [3.05, 3.63) is 185 Å². The van der Waals surface area contributed by atoms with Gasteiger partial charge in [-0.15, -0.1) is 0 Å². The Hall–Kier alpha value is -6.58. The predicted octanol–water partition coefficient (Wildman–Crippen LogP) is 14.1. The summed E-state index contributed by atoms with van der Waals surface area (Å²) >= 11 is 0. The van der Waals surface area contributed by atoms with E-state index in [2.05, 4.69) is 218 Å². The first-order chi connectivity index (χ1) is 30.6. The average Bonchev–Trinajstić information content (AvgIpc) is 3.89. The Morgan fingerprint density at radius 1 is 0.453 bits per heavy atom. The summed E-state index contributed by atoms with van der Waals surface area (Å²) in [5.74, 6) is 0. The molecule has 0 saturated carbocycles. The monoisotopic (exact) mass is 824 g/mol. The van der Waals surface area contributed by atoms with E-state index in [-0.39, 0.29) is 21.7 Å². The van der Waals surface area contributed by atoms with E-state index in [9.17, 15) is 0 Å². The molecule has 2 nitrogen and oxygen atoms in total. The first-order valence-corrected chi connectivity index (χ1v) is 23.3. The summed E-state index contributed by atoms with van der Waals surface area (Å²) in [7, 11) is 0.848. The fourth-order valence-corrected chi connectivity index (χ4v) is 12.7. The minimum atomic E-state index is -0.127. The van der Waals surface area contributed by atoms with Crippen molar-refractivity contribution in [1.29, 1.82) is 0 Å². The van der Waals surface area contributed by atoms with Gasteiger partial charge >= 0.3 is 0 Å². The van der Waals surface area contributed by atoms with Crippen molar-refractivity contribution in [3.8, 4) is 50.2 Å². The highest BCUT2D eigenvalue weighted by Gasteiger charge is 2.41. The maximum absolute atomic E-state index is 4.02. The summed E-state index contributed by atoms with van der Waals surface area (Å²) in [6, 6.07) is 56.4. The van der Waals surface area contributed by atoms with Crippen molar-refractivity contribution < 1.29 is 0 Å². The molecule has 0 spiro atoms.